The molecule has 0 heterocycles. The highest BCUT2D eigenvalue weighted by Gasteiger charge is 2.31. The maximum absolute atomic E-state index is 13.8. The highest BCUT2D eigenvalue weighted by molar-refractivity contribution is 7.57. The molecule has 6 N–H and O–H groups in total. The summed E-state index contributed by atoms with van der Waals surface area (Å²) in [5.41, 5.74) is 10.3. The predicted molar refractivity (Wildman–Crippen MR) is 654 cm³/mol. The van der Waals surface area contributed by atoms with Crippen LogP contribution < -0.4 is 105 Å². The fourth-order valence-corrected chi connectivity index (χ4v) is 33.4. The molecule has 0 bridgehead atoms. The van der Waals surface area contributed by atoms with Gasteiger partial charge in [0.2, 0.25) is 0 Å². The average molecular weight is 2140 g/mol. The van der Waals surface area contributed by atoms with E-state index >= 15 is 0 Å². The molecule has 12 aromatic rings. The number of para-hydroxylation sites is 2. The van der Waals surface area contributed by atoms with Crippen LogP contribution in [-0.2, 0) is 39.3 Å². The Bertz CT molecular complexity index is 6110. The number of phenols is 6. The van der Waals surface area contributed by atoms with Crippen molar-refractivity contribution in [2.75, 3.05) is 91.7 Å². The number of ether oxygens (including phenoxy) is 1. The van der Waals surface area contributed by atoms with E-state index in [9.17, 15) is 35.0 Å². The normalized spacial score (nSPS) is 12.6. The van der Waals surface area contributed by atoms with Crippen LogP contribution in [0.4, 0.5) is 4.39 Å². The van der Waals surface area contributed by atoms with Crippen LogP contribution in [0.5, 0.6) is 40.2 Å². The Kier molecular flexibility index (Phi) is 46.0. The van der Waals surface area contributed by atoms with Crippen LogP contribution in [0.15, 0.2) is 224 Å². The first-order valence-electron chi connectivity index (χ1n) is 48.8. The van der Waals surface area contributed by atoms with Gasteiger partial charge in [0, 0.05) is 71.1 Å². The van der Waals surface area contributed by atoms with Gasteiger partial charge in [-0.3, -0.25) is 0 Å². The van der Waals surface area contributed by atoms with Crippen molar-refractivity contribution < 1.29 is 39.8 Å². The lowest BCUT2D eigenvalue weighted by Crippen LogP contribution is -2.47. The van der Waals surface area contributed by atoms with Crippen LogP contribution >= 0.6 is 51.5 Å². The third-order valence-corrected chi connectivity index (χ3v) is 46.5. The molecule has 141 heavy (non-hydrogen) atoms. The molecule has 6 unspecified atom stereocenters. The van der Waals surface area contributed by atoms with E-state index < -0.39 is 56.5 Å². The topological polar surface area (TPSA) is 150 Å². The van der Waals surface area contributed by atoms with E-state index in [4.69, 9.17) is 4.74 Å². The summed E-state index contributed by atoms with van der Waals surface area (Å²) in [6, 6.07) is 77.0. The van der Waals surface area contributed by atoms with Gasteiger partial charge in [0.15, 0.2) is 11.5 Å². The van der Waals surface area contributed by atoms with Gasteiger partial charge in [-0.05, 0) is 215 Å². The maximum atomic E-state index is 13.8. The maximum Gasteiger partial charge on any atom is 0.165 e. The molecule has 0 aromatic heterocycles. The zero-order valence-corrected chi connectivity index (χ0v) is 105. The zero-order chi connectivity index (χ0) is 106. The fourth-order valence-electron chi connectivity index (χ4n) is 15.8. The summed E-state index contributed by atoms with van der Waals surface area (Å²) in [6.45, 7) is 58.5. The van der Waals surface area contributed by atoms with Crippen molar-refractivity contribution in [1.29, 1.82) is 0 Å². The third kappa shape index (κ3) is 38.4. The van der Waals surface area contributed by atoms with Gasteiger partial charge in [-0.25, -0.2) is 4.39 Å². The number of halogens is 1. The van der Waals surface area contributed by atoms with E-state index in [1.807, 2.05) is 50.5 Å². The Labute approximate surface area is 867 Å². The molecule has 0 aliphatic carbocycles. The third-order valence-electron chi connectivity index (χ3n) is 23.6. The number of methoxy groups -OCH3 is 1. The molecule has 12 rings (SSSR count). The minimum absolute atomic E-state index is 0.205. The number of rotatable bonds is 32. The van der Waals surface area contributed by atoms with Crippen molar-refractivity contribution in [2.24, 2.45) is 0 Å². The van der Waals surface area contributed by atoms with Crippen LogP contribution in [-0.4, -0.2) is 208 Å². The summed E-state index contributed by atoms with van der Waals surface area (Å²) >= 11 is 0. The van der Waals surface area contributed by atoms with E-state index in [0.717, 1.165) is 85.8 Å². The lowest BCUT2D eigenvalue weighted by atomic mass is 10.1. The lowest BCUT2D eigenvalue weighted by molar-refractivity contribution is 0.375. The first-order chi connectivity index (χ1) is 65.4. The molecule has 6 atom stereocenters. The largest absolute Gasteiger partial charge is 0.507 e. The van der Waals surface area contributed by atoms with Crippen LogP contribution in [0.3, 0.4) is 0 Å². The van der Waals surface area contributed by atoms with Crippen LogP contribution in [0, 0.1) is 19.7 Å². The highest BCUT2D eigenvalue weighted by Crippen LogP contribution is 2.32. The molecule has 0 spiro atoms. The molecule has 0 saturated carbocycles. The molecule has 0 fully saturated rings. The van der Waals surface area contributed by atoms with E-state index in [2.05, 4.69) is 421 Å². The second-order valence-corrected chi connectivity index (χ2v) is 89.2. The molecule has 12 aromatic carbocycles. The molecule has 0 saturated heterocycles. The van der Waals surface area contributed by atoms with Crippen molar-refractivity contribution in [3.05, 3.63) is 275 Å². The van der Waals surface area contributed by atoms with Gasteiger partial charge in [-0.15, -0.1) is 0 Å². The van der Waals surface area contributed by atoms with Gasteiger partial charge in [0.25, 0.3) is 0 Å². The van der Waals surface area contributed by atoms with Gasteiger partial charge in [-0.1, -0.05) is 409 Å². The first-order valence-corrected chi connectivity index (χ1v) is 79.3. The van der Waals surface area contributed by atoms with E-state index in [0.29, 0.717) is 92.5 Å². The molecule has 13 nitrogen and oxygen atoms in total. The average Bonchev–Trinajstić information content (AvgIpc) is 0.750. The Morgan fingerprint density at radius 1 is 0.248 bits per heavy atom. The summed E-state index contributed by atoms with van der Waals surface area (Å²) < 4.78 is 19.0. The van der Waals surface area contributed by atoms with Crippen molar-refractivity contribution in [1.82, 2.24) is 29.4 Å². The second-order valence-electron chi connectivity index (χ2n) is 45.8. The van der Waals surface area contributed by atoms with Gasteiger partial charge in [0.1, 0.15) is 34.6 Å². The molecule has 0 amide bonds. The Morgan fingerprint density at radius 3 is 0.922 bits per heavy atom. The Morgan fingerprint density at radius 2 is 0.546 bits per heavy atom. The zero-order valence-electron chi connectivity index (χ0n) is 91.8. The molecular formula is C114H169FN6O7P6Si7. The molecule has 0 radical (unpaired) electrons. The predicted octanol–water partition coefficient (Wildman–Crippen LogP) is 17.1. The van der Waals surface area contributed by atoms with E-state index in [-0.39, 0.29) is 11.6 Å². The monoisotopic (exact) mass is 2130 g/mol. The number of phenolic OH excluding ortho intramolecular Hbond substituents is 6. The minimum atomic E-state index is -1.68. The van der Waals surface area contributed by atoms with E-state index in [1.165, 1.54) is 97.5 Å². The number of aromatic hydroxyl groups is 6. The lowest BCUT2D eigenvalue weighted by Gasteiger charge is -2.26. The van der Waals surface area contributed by atoms with Gasteiger partial charge >= 0.3 is 0 Å². The smallest absolute Gasteiger partial charge is 0.165 e. The van der Waals surface area contributed by atoms with Crippen molar-refractivity contribution in [3.63, 3.8) is 0 Å². The number of hydrogen-bond acceptors (Lipinski definition) is 13. The van der Waals surface area contributed by atoms with Crippen molar-refractivity contribution >= 4 is 208 Å². The summed E-state index contributed by atoms with van der Waals surface area (Å²) in [6.07, 6.45) is 0. The molecule has 0 aliphatic heterocycles. The summed E-state index contributed by atoms with van der Waals surface area (Å²) in [4.78, 5) is 13.0. The Balaban J connectivity index is 0.000000230. The van der Waals surface area contributed by atoms with Gasteiger partial charge < -0.3 is 64.8 Å². The van der Waals surface area contributed by atoms with Crippen LogP contribution in [0.1, 0.15) is 44.5 Å². The van der Waals surface area contributed by atoms with Crippen molar-refractivity contribution in [3.8, 4) is 40.2 Å². The van der Waals surface area contributed by atoms with Gasteiger partial charge in [0.05, 0.1) is 63.6 Å². The molecular weight excluding hydrogens is 1970 g/mol. The Hall–Kier alpha value is -6.97. The molecule has 0 aliphatic rings. The molecule has 27 heteroatoms. The second kappa shape index (κ2) is 53.6. The summed E-state index contributed by atoms with van der Waals surface area (Å²) in [7, 11) is 18.6. The van der Waals surface area contributed by atoms with Crippen LogP contribution in [0.25, 0.3) is 0 Å². The highest BCUT2D eigenvalue weighted by atomic mass is 31.1. The standard InChI is InChI=1S/C21H33FNOPSi2.C21H34NOPSi2.2C19H28NOPSi.C18H26NOPSi.C16H20NO2P/c1-23(2)14-15-11-16(22)9-10-18(15)25-19-12-17(26(3,4)5)13-20(21(19)24)27(6,7)8;1-22(2)15-16-11-9-10-12-18(16)24-19-13-17(25(3,4)5)14-20(21(19)23)26(6,7)8;1-14-7-10-18(15(11-14)13-20(2)3)22-19-12-16(23(4,5)6)8-9-17(19)21;1-14-9-7-10-15(13-20(2)3)19(14)22-16-11-8-12-17(18(16)21)23(4,5)6;1-19(2)13-14-8-6-7-9-17(14)21-18-12-15(22(3,4)5)10-11-16(18)20;1-17(2)11-12-7-4-5-9-14(12)20-15-10-6-8-13(19-3)16(15)18/h9-13,24-25H,14H2,1-8H3;9-14,23-24H,15H2,1-8H3;2*7-12,21-22H,13H2,1-6H3;6-12,20-21H,13H2,1-5H3;4-10,18,20H,11H2,1-3H3. The van der Waals surface area contributed by atoms with Crippen LogP contribution in [0.2, 0.25) is 137 Å². The number of hydrogen-bond donors (Lipinski definition) is 6. The number of nitrogens with zero attached hydrogens (tertiary/aromatic N) is 6. The minimum Gasteiger partial charge on any atom is -0.507 e. The number of benzene rings is 12. The van der Waals surface area contributed by atoms with Gasteiger partial charge in [-0.2, -0.15) is 0 Å². The van der Waals surface area contributed by atoms with Crippen molar-refractivity contribution in [2.45, 2.75) is 191 Å². The quantitative estimate of drug-likeness (QED) is 0.0176. The summed E-state index contributed by atoms with van der Waals surface area (Å²) in [5, 5.41) is 86.8. The fraction of sp³-hybridized carbons (Fsp3) is 0.368. The first kappa shape index (κ1) is 121. The summed E-state index contributed by atoms with van der Waals surface area (Å²) in [5.74, 6) is 2.92. The van der Waals surface area contributed by atoms with E-state index in [1.54, 1.807) is 19.2 Å². The SMILES string of the molecule is CN(C)Cc1cc(F)ccc1Pc1cc([Si](C)(C)C)cc([Si](C)(C)C)c1O.CN(C)Cc1ccccc1Pc1cc([Si](C)(C)C)cc([Si](C)(C)C)c1O.CN(C)Cc1ccccc1Pc1cc([Si](C)(C)C)ccc1O.COc1cccc(Pc2ccccc2CN(C)C)c1O.Cc1ccc(Pc2cc([Si](C)(C)C)ccc2O)c(CN(C)C)c1.Cc1cccc(CN(C)C)c1Pc1cccc([Si](C)(C)C)c1O. The number of aryl methyl sites for hydroxylation is 2. The molecule has 762 valence electrons.